The Morgan fingerprint density at radius 1 is 1.08 bits per heavy atom. The minimum absolute atomic E-state index is 0.0172. The van der Waals surface area contributed by atoms with Gasteiger partial charge in [-0.05, 0) is 55.5 Å². The number of barbiturate groups is 1. The number of anilines is 2. The van der Waals surface area contributed by atoms with Crippen LogP contribution in [0.4, 0.5) is 21.9 Å². The van der Waals surface area contributed by atoms with Gasteiger partial charge in [-0.1, -0.05) is 38.8 Å². The Morgan fingerprint density at radius 2 is 1.83 bits per heavy atom. The van der Waals surface area contributed by atoms with Gasteiger partial charge in [0.1, 0.15) is 0 Å². The summed E-state index contributed by atoms with van der Waals surface area (Å²) in [5.74, 6) is -1.22. The summed E-state index contributed by atoms with van der Waals surface area (Å²) < 4.78 is 0. The lowest BCUT2D eigenvalue weighted by atomic mass is 9.67. The lowest BCUT2D eigenvalue weighted by Crippen LogP contribution is -2.72. The van der Waals surface area contributed by atoms with Crippen molar-refractivity contribution in [2.75, 3.05) is 16.3 Å². The first-order valence-corrected chi connectivity index (χ1v) is 12.5. The summed E-state index contributed by atoms with van der Waals surface area (Å²) in [6.45, 7) is 8.38. The van der Waals surface area contributed by atoms with Crippen LogP contribution >= 0.6 is 0 Å². The van der Waals surface area contributed by atoms with Crippen molar-refractivity contribution in [1.82, 2.24) is 5.32 Å². The van der Waals surface area contributed by atoms with Gasteiger partial charge < -0.3 is 4.90 Å². The van der Waals surface area contributed by atoms with Crippen LogP contribution < -0.4 is 15.1 Å². The first-order valence-electron chi connectivity index (χ1n) is 12.5. The molecule has 2 aliphatic heterocycles. The Bertz CT molecular complexity index is 1240. The maximum absolute atomic E-state index is 14.4. The Balaban J connectivity index is 1.94. The zero-order valence-electron chi connectivity index (χ0n) is 21.2. The van der Waals surface area contributed by atoms with Gasteiger partial charge in [-0.25, -0.2) is 9.69 Å². The van der Waals surface area contributed by atoms with Crippen LogP contribution in [0, 0.1) is 29.4 Å². The highest BCUT2D eigenvalue weighted by Crippen LogP contribution is 2.47. The average Bonchev–Trinajstić information content (AvgIpc) is 2.84. The normalized spacial score (nSPS) is 21.6. The highest BCUT2D eigenvalue weighted by Gasteiger charge is 2.62. The predicted molar refractivity (Wildman–Crippen MR) is 137 cm³/mol. The van der Waals surface area contributed by atoms with E-state index in [-0.39, 0.29) is 12.1 Å². The number of benzene rings is 2. The average molecular weight is 493 g/mol. The number of nitro groups is 1. The number of unbranched alkanes of at least 4 members (excludes halogenated alkanes) is 1. The van der Waals surface area contributed by atoms with Gasteiger partial charge >= 0.3 is 6.03 Å². The number of urea groups is 1. The molecule has 0 unspecified atom stereocenters. The number of carbonyl (C=O) groups excluding carboxylic acids is 3. The molecule has 190 valence electrons. The molecule has 1 spiro atoms. The van der Waals surface area contributed by atoms with Gasteiger partial charge in [-0.2, -0.15) is 0 Å². The van der Waals surface area contributed by atoms with E-state index in [0.29, 0.717) is 24.2 Å². The van der Waals surface area contributed by atoms with Crippen LogP contribution in [-0.2, 0) is 16.0 Å². The fourth-order valence-electron chi connectivity index (χ4n) is 5.54. The van der Waals surface area contributed by atoms with Crippen LogP contribution in [0.25, 0.3) is 0 Å². The van der Waals surface area contributed by atoms with E-state index < -0.39 is 34.2 Å². The standard InChI is InChI=1S/C27H32N4O5/c1-5-7-14-29-22-13-12-20(31(35)36)15-19(22)16-27(23(29)9-6-2)24(32)28-26(34)30(25(27)33)21-11-8-10-17(3)18(21)4/h8,10-13,15,23H,5-7,9,14,16H2,1-4H3,(H,28,32,34)/t23-,27+/m1/s1. The zero-order valence-corrected chi connectivity index (χ0v) is 21.2. The Labute approximate surface area is 210 Å². The Hall–Kier alpha value is -3.75. The minimum Gasteiger partial charge on any atom is -0.367 e. The predicted octanol–water partition coefficient (Wildman–Crippen LogP) is 4.81. The number of fused-ring (bicyclic) bond motifs is 1. The first kappa shape index (κ1) is 25.3. The molecule has 1 saturated heterocycles. The quantitative estimate of drug-likeness (QED) is 0.337. The number of nitrogens with one attached hydrogen (secondary N) is 1. The molecular formula is C27H32N4O5. The van der Waals surface area contributed by atoms with Gasteiger partial charge in [0.25, 0.3) is 11.6 Å². The van der Waals surface area contributed by atoms with Crippen molar-refractivity contribution in [2.45, 2.75) is 65.8 Å². The molecule has 2 heterocycles. The molecule has 4 amide bonds. The molecule has 2 aromatic carbocycles. The molecule has 9 heteroatoms. The van der Waals surface area contributed by atoms with Crippen LogP contribution in [0.5, 0.6) is 0 Å². The SMILES string of the molecule is CCCCN1c2ccc([N+](=O)[O-])cc2C[C@@]2(C(=O)NC(=O)N(c3cccc(C)c3C)C2=O)[C@H]1CCC. The minimum atomic E-state index is -1.60. The number of aryl methyl sites for hydroxylation is 1. The topological polar surface area (TPSA) is 113 Å². The summed E-state index contributed by atoms with van der Waals surface area (Å²) >= 11 is 0. The van der Waals surface area contributed by atoms with Gasteiger partial charge in [0.2, 0.25) is 5.91 Å². The molecule has 0 aromatic heterocycles. The second kappa shape index (κ2) is 9.72. The van der Waals surface area contributed by atoms with Crippen LogP contribution in [0.15, 0.2) is 36.4 Å². The lowest BCUT2D eigenvalue weighted by molar-refractivity contribution is -0.384. The molecule has 0 saturated carbocycles. The second-order valence-electron chi connectivity index (χ2n) is 9.69. The Morgan fingerprint density at radius 3 is 2.50 bits per heavy atom. The monoisotopic (exact) mass is 492 g/mol. The number of nitro benzene ring substituents is 1. The number of carbonyl (C=O) groups is 3. The molecule has 1 N–H and O–H groups in total. The summed E-state index contributed by atoms with van der Waals surface area (Å²) in [4.78, 5) is 55.4. The van der Waals surface area contributed by atoms with Crippen molar-refractivity contribution in [3.05, 3.63) is 63.2 Å². The molecule has 9 nitrogen and oxygen atoms in total. The maximum atomic E-state index is 14.4. The van der Waals surface area contributed by atoms with Crippen LogP contribution in [0.1, 0.15) is 56.2 Å². The van der Waals surface area contributed by atoms with Crippen LogP contribution in [0.2, 0.25) is 0 Å². The highest BCUT2D eigenvalue weighted by atomic mass is 16.6. The summed E-state index contributed by atoms with van der Waals surface area (Å²) in [5.41, 5.74) is 1.78. The molecular weight excluding hydrogens is 460 g/mol. The van der Waals surface area contributed by atoms with Crippen LogP contribution in [0.3, 0.4) is 0 Å². The van der Waals surface area contributed by atoms with Crippen molar-refractivity contribution < 1.29 is 19.3 Å². The highest BCUT2D eigenvalue weighted by molar-refractivity contribution is 6.31. The molecule has 0 aliphatic carbocycles. The third kappa shape index (κ3) is 3.92. The van der Waals surface area contributed by atoms with Crippen molar-refractivity contribution in [2.24, 2.45) is 5.41 Å². The fourth-order valence-corrected chi connectivity index (χ4v) is 5.54. The van der Waals surface area contributed by atoms with E-state index in [4.69, 9.17) is 0 Å². The molecule has 0 bridgehead atoms. The van der Waals surface area contributed by atoms with Crippen LogP contribution in [-0.4, -0.2) is 35.4 Å². The van der Waals surface area contributed by atoms with Gasteiger partial charge in [-0.15, -0.1) is 0 Å². The summed E-state index contributed by atoms with van der Waals surface area (Å²) in [5, 5.41) is 14.0. The van der Waals surface area contributed by atoms with Gasteiger partial charge in [0.15, 0.2) is 5.41 Å². The van der Waals surface area contributed by atoms with E-state index in [2.05, 4.69) is 17.1 Å². The van der Waals surface area contributed by atoms with E-state index in [0.717, 1.165) is 41.0 Å². The van der Waals surface area contributed by atoms with E-state index >= 15 is 0 Å². The molecule has 0 radical (unpaired) electrons. The number of nitrogens with zero attached hydrogens (tertiary/aromatic N) is 3. The smallest absolute Gasteiger partial charge is 0.335 e. The van der Waals surface area contributed by atoms with Gasteiger partial charge in [-0.3, -0.25) is 25.0 Å². The van der Waals surface area contributed by atoms with E-state index in [1.54, 1.807) is 18.2 Å². The van der Waals surface area contributed by atoms with E-state index in [9.17, 15) is 24.5 Å². The van der Waals surface area contributed by atoms with Gasteiger partial charge in [0, 0.05) is 30.8 Å². The number of amides is 4. The third-order valence-electron chi connectivity index (χ3n) is 7.54. The number of imide groups is 2. The molecule has 2 atom stereocenters. The fraction of sp³-hybridized carbons (Fsp3) is 0.444. The van der Waals surface area contributed by atoms with Crippen molar-refractivity contribution >= 4 is 34.9 Å². The summed E-state index contributed by atoms with van der Waals surface area (Å²) in [7, 11) is 0. The zero-order chi connectivity index (χ0) is 26.2. The summed E-state index contributed by atoms with van der Waals surface area (Å²) in [6.07, 6.45) is 2.97. The molecule has 2 aliphatic rings. The third-order valence-corrected chi connectivity index (χ3v) is 7.54. The second-order valence-corrected chi connectivity index (χ2v) is 9.69. The summed E-state index contributed by atoms with van der Waals surface area (Å²) in [6, 6.07) is 8.74. The molecule has 36 heavy (non-hydrogen) atoms. The number of hydrogen-bond donors (Lipinski definition) is 1. The first-order chi connectivity index (χ1) is 17.2. The largest absolute Gasteiger partial charge is 0.367 e. The van der Waals surface area contributed by atoms with Gasteiger partial charge in [0.05, 0.1) is 16.7 Å². The van der Waals surface area contributed by atoms with Crippen molar-refractivity contribution in [3.63, 3.8) is 0 Å². The number of non-ortho nitro benzene ring substituents is 1. The van der Waals surface area contributed by atoms with Crippen molar-refractivity contribution in [1.29, 1.82) is 0 Å². The molecule has 2 aromatic rings. The van der Waals surface area contributed by atoms with Crippen molar-refractivity contribution in [3.8, 4) is 0 Å². The molecule has 4 rings (SSSR count). The number of rotatable bonds is 7. The van der Waals surface area contributed by atoms with E-state index in [1.807, 2.05) is 26.8 Å². The maximum Gasteiger partial charge on any atom is 0.335 e. The molecule has 1 fully saturated rings. The lowest BCUT2D eigenvalue weighted by Gasteiger charge is -2.52. The number of hydrogen-bond acceptors (Lipinski definition) is 6. The van der Waals surface area contributed by atoms with E-state index in [1.165, 1.54) is 12.1 Å². The Kier molecular flexibility index (Phi) is 6.84.